The Balaban J connectivity index is 1.09. The van der Waals surface area contributed by atoms with Crippen molar-refractivity contribution < 1.29 is 47.7 Å². The van der Waals surface area contributed by atoms with Crippen LogP contribution in [-0.2, 0) is 82.3 Å². The summed E-state index contributed by atoms with van der Waals surface area (Å²) in [6.45, 7) is 2.08. The zero-order valence-electron chi connectivity index (χ0n) is 35.3. The molecule has 2 aliphatic heterocycles. The lowest BCUT2D eigenvalue weighted by Gasteiger charge is -2.32. The summed E-state index contributed by atoms with van der Waals surface area (Å²) in [5.74, 6) is 0. The highest BCUT2D eigenvalue weighted by atomic mass is 16.8. The standard InChI is InChI=1S/C53H56O10/c54-52-50(59-35-43-27-15-5-16-28-43)49(58-34-42-25-13-4-14-26-42)48(63-52)46(38-56-32-40-21-9-2-10-22-40)62-53-51(60-36-44-29-17-6-18-30-44)47(57-33-41-23-11-3-12-24-41)45(61-53)37-55-31-39-19-7-1-8-20-39/h1-30,45-54H,31-38H2/t45-,46-,47-,48+,49+,50-,51+,52-,53-/m1/s1. The monoisotopic (exact) mass is 852 g/mol. The maximum Gasteiger partial charge on any atom is 0.187 e. The predicted octanol–water partition coefficient (Wildman–Crippen LogP) is 8.59. The topological polar surface area (TPSA) is 103 Å². The van der Waals surface area contributed by atoms with E-state index in [9.17, 15) is 5.11 Å². The summed E-state index contributed by atoms with van der Waals surface area (Å²) >= 11 is 0. The molecule has 8 rings (SSSR count). The lowest BCUT2D eigenvalue weighted by atomic mass is 10.0. The fourth-order valence-corrected chi connectivity index (χ4v) is 7.83. The molecule has 10 heteroatoms. The molecular formula is C53H56O10. The second-order valence-electron chi connectivity index (χ2n) is 15.8. The molecule has 2 fully saturated rings. The molecule has 328 valence electrons. The molecule has 0 aliphatic carbocycles. The van der Waals surface area contributed by atoms with Crippen LogP contribution >= 0.6 is 0 Å². The fraction of sp³-hybridized carbons (Fsp3) is 0.321. The summed E-state index contributed by atoms with van der Waals surface area (Å²) < 4.78 is 59.7. The van der Waals surface area contributed by atoms with Gasteiger partial charge in [-0.05, 0) is 33.4 Å². The minimum Gasteiger partial charge on any atom is -0.374 e. The second-order valence-corrected chi connectivity index (χ2v) is 15.8. The quantitative estimate of drug-likeness (QED) is 0.0675. The Hall–Kier alpha value is -5.08. The third-order valence-corrected chi connectivity index (χ3v) is 11.1. The van der Waals surface area contributed by atoms with Crippen molar-refractivity contribution in [1.82, 2.24) is 0 Å². The van der Waals surface area contributed by atoms with Gasteiger partial charge in [0.1, 0.15) is 42.7 Å². The van der Waals surface area contributed by atoms with E-state index < -0.39 is 55.3 Å². The SMILES string of the molecule is O[C@@H]1O[C@@H]([C@@H](COCc2ccccc2)O[C@H]2O[C@H](COCc3ccccc3)[C@@H](OCc3ccccc3)[C@@H]2OCc2ccccc2)[C@H](OCc2ccccc2)[C@H]1OCc1ccccc1. The van der Waals surface area contributed by atoms with Crippen molar-refractivity contribution in [3.8, 4) is 0 Å². The number of hydrogen-bond acceptors (Lipinski definition) is 10. The Labute approximate surface area is 370 Å². The van der Waals surface area contributed by atoms with Crippen molar-refractivity contribution >= 4 is 0 Å². The highest BCUT2D eigenvalue weighted by Gasteiger charge is 2.53. The molecule has 0 aromatic heterocycles. The van der Waals surface area contributed by atoms with Gasteiger partial charge < -0.3 is 47.7 Å². The molecule has 63 heavy (non-hydrogen) atoms. The first-order valence-corrected chi connectivity index (χ1v) is 21.7. The molecule has 6 aromatic rings. The Morgan fingerprint density at radius 3 is 1.21 bits per heavy atom. The number of benzene rings is 6. The summed E-state index contributed by atoms with van der Waals surface area (Å²) in [5, 5.41) is 11.6. The van der Waals surface area contributed by atoms with Gasteiger partial charge >= 0.3 is 0 Å². The third-order valence-electron chi connectivity index (χ3n) is 11.1. The van der Waals surface area contributed by atoms with E-state index in [1.807, 2.05) is 182 Å². The van der Waals surface area contributed by atoms with Crippen LogP contribution in [0.4, 0.5) is 0 Å². The van der Waals surface area contributed by atoms with Crippen LogP contribution in [0, 0.1) is 0 Å². The first-order valence-electron chi connectivity index (χ1n) is 21.7. The average Bonchev–Trinajstić information content (AvgIpc) is 3.84. The molecule has 2 saturated heterocycles. The Morgan fingerprint density at radius 1 is 0.397 bits per heavy atom. The molecule has 0 spiro atoms. The number of aliphatic hydroxyl groups excluding tert-OH is 1. The summed E-state index contributed by atoms with van der Waals surface area (Å²) in [7, 11) is 0. The summed E-state index contributed by atoms with van der Waals surface area (Å²) in [5.41, 5.74) is 5.94. The molecular weight excluding hydrogens is 797 g/mol. The van der Waals surface area contributed by atoms with Crippen molar-refractivity contribution in [2.75, 3.05) is 13.2 Å². The van der Waals surface area contributed by atoms with E-state index in [0.29, 0.717) is 19.8 Å². The van der Waals surface area contributed by atoms with Gasteiger partial charge in [-0.1, -0.05) is 182 Å². The zero-order valence-corrected chi connectivity index (χ0v) is 35.3. The maximum absolute atomic E-state index is 11.6. The first-order chi connectivity index (χ1) is 31.2. The van der Waals surface area contributed by atoms with Gasteiger partial charge in [0.25, 0.3) is 0 Å². The van der Waals surface area contributed by atoms with E-state index in [1.165, 1.54) is 0 Å². The lowest BCUT2D eigenvalue weighted by Crippen LogP contribution is -2.48. The average molecular weight is 853 g/mol. The van der Waals surface area contributed by atoms with Crippen LogP contribution in [0.5, 0.6) is 0 Å². The van der Waals surface area contributed by atoms with Gasteiger partial charge in [-0.2, -0.15) is 0 Å². The van der Waals surface area contributed by atoms with Crippen LogP contribution in [-0.4, -0.2) is 73.6 Å². The molecule has 0 saturated carbocycles. The Bertz CT molecular complexity index is 2150. The number of ether oxygens (including phenoxy) is 9. The van der Waals surface area contributed by atoms with Crippen LogP contribution in [0.1, 0.15) is 33.4 Å². The van der Waals surface area contributed by atoms with Crippen molar-refractivity contribution in [1.29, 1.82) is 0 Å². The Kier molecular flexibility index (Phi) is 16.7. The van der Waals surface area contributed by atoms with Crippen LogP contribution in [0.3, 0.4) is 0 Å². The molecule has 9 atom stereocenters. The molecule has 1 N–H and O–H groups in total. The third kappa shape index (κ3) is 13.0. The lowest BCUT2D eigenvalue weighted by molar-refractivity contribution is -0.247. The number of aliphatic hydroxyl groups is 1. The van der Waals surface area contributed by atoms with Crippen LogP contribution < -0.4 is 0 Å². The van der Waals surface area contributed by atoms with Gasteiger partial charge in [0.05, 0.1) is 52.9 Å². The second kappa shape index (κ2) is 23.6. The van der Waals surface area contributed by atoms with Crippen LogP contribution in [0.2, 0.25) is 0 Å². The predicted molar refractivity (Wildman–Crippen MR) is 237 cm³/mol. The van der Waals surface area contributed by atoms with E-state index in [-0.39, 0.29) is 33.0 Å². The summed E-state index contributed by atoms with van der Waals surface area (Å²) in [4.78, 5) is 0. The van der Waals surface area contributed by atoms with Crippen molar-refractivity contribution in [2.45, 2.75) is 94.9 Å². The molecule has 0 radical (unpaired) electrons. The molecule has 10 nitrogen and oxygen atoms in total. The van der Waals surface area contributed by atoms with Crippen molar-refractivity contribution in [2.24, 2.45) is 0 Å². The molecule has 0 unspecified atom stereocenters. The van der Waals surface area contributed by atoms with Crippen molar-refractivity contribution in [3.05, 3.63) is 215 Å². The molecule has 2 aliphatic rings. The smallest absolute Gasteiger partial charge is 0.187 e. The Morgan fingerprint density at radius 2 is 0.762 bits per heavy atom. The van der Waals surface area contributed by atoms with Gasteiger partial charge in [0.15, 0.2) is 12.6 Å². The van der Waals surface area contributed by atoms with Gasteiger partial charge in [0.2, 0.25) is 0 Å². The van der Waals surface area contributed by atoms with Crippen LogP contribution in [0.15, 0.2) is 182 Å². The van der Waals surface area contributed by atoms with Crippen molar-refractivity contribution in [3.63, 3.8) is 0 Å². The van der Waals surface area contributed by atoms with E-state index in [0.717, 1.165) is 33.4 Å². The minimum absolute atomic E-state index is 0.0683. The summed E-state index contributed by atoms with van der Waals surface area (Å²) in [6, 6.07) is 59.6. The van der Waals surface area contributed by atoms with E-state index >= 15 is 0 Å². The van der Waals surface area contributed by atoms with E-state index in [2.05, 4.69) is 0 Å². The summed E-state index contributed by atoms with van der Waals surface area (Å²) in [6.07, 6.45) is -7.48. The minimum atomic E-state index is -1.32. The zero-order chi connectivity index (χ0) is 42.9. The van der Waals surface area contributed by atoms with Gasteiger partial charge in [0, 0.05) is 0 Å². The van der Waals surface area contributed by atoms with Crippen LogP contribution in [0.25, 0.3) is 0 Å². The maximum atomic E-state index is 11.6. The number of rotatable bonds is 23. The molecule has 6 aromatic carbocycles. The normalized spacial score (nSPS) is 23.8. The van der Waals surface area contributed by atoms with Gasteiger partial charge in [-0.3, -0.25) is 0 Å². The molecule has 0 amide bonds. The highest BCUT2D eigenvalue weighted by Crippen LogP contribution is 2.35. The van der Waals surface area contributed by atoms with E-state index in [1.54, 1.807) is 0 Å². The fourth-order valence-electron chi connectivity index (χ4n) is 7.83. The molecule has 0 bridgehead atoms. The molecule has 2 heterocycles. The number of hydrogen-bond donors (Lipinski definition) is 1. The first kappa shape index (κ1) is 44.5. The van der Waals surface area contributed by atoms with Gasteiger partial charge in [-0.15, -0.1) is 0 Å². The van der Waals surface area contributed by atoms with E-state index in [4.69, 9.17) is 42.6 Å². The van der Waals surface area contributed by atoms with Gasteiger partial charge in [-0.25, -0.2) is 0 Å². The largest absolute Gasteiger partial charge is 0.374 e. The highest BCUT2D eigenvalue weighted by molar-refractivity contribution is 5.18.